The third-order valence-corrected chi connectivity index (χ3v) is 2.84. The fourth-order valence-corrected chi connectivity index (χ4v) is 1.97. The van der Waals surface area contributed by atoms with E-state index in [0.717, 1.165) is 24.5 Å². The van der Waals surface area contributed by atoms with Crippen LogP contribution in [0.1, 0.15) is 19.4 Å². The van der Waals surface area contributed by atoms with Crippen molar-refractivity contribution in [3.05, 3.63) is 33.8 Å². The molecule has 1 rings (SSSR count). The zero-order valence-electron chi connectivity index (χ0n) is 9.96. The number of hydrogen-bond acceptors (Lipinski definition) is 1. The summed E-state index contributed by atoms with van der Waals surface area (Å²) in [5.74, 6) is 0.931. The second kappa shape index (κ2) is 8.62. The van der Waals surface area contributed by atoms with Gasteiger partial charge in [0.15, 0.2) is 0 Å². The third-order valence-electron chi connectivity index (χ3n) is 2.14. The monoisotopic (exact) mass is 294 g/mol. The van der Waals surface area contributed by atoms with Gasteiger partial charge in [0, 0.05) is 29.6 Å². The molecule has 0 saturated carbocycles. The van der Waals surface area contributed by atoms with Crippen LogP contribution in [0.25, 0.3) is 0 Å². The Kier molecular flexibility index (Phi) is 8.40. The van der Waals surface area contributed by atoms with Crippen LogP contribution in [0.15, 0.2) is 23.2 Å². The highest BCUT2D eigenvalue weighted by atomic mass is 35.5. The summed E-state index contributed by atoms with van der Waals surface area (Å²) in [4.78, 5) is 4.38. The first-order valence-electron chi connectivity index (χ1n) is 5.39. The van der Waals surface area contributed by atoms with Crippen molar-refractivity contribution in [2.24, 2.45) is 4.99 Å². The zero-order valence-corrected chi connectivity index (χ0v) is 12.3. The smallest absolute Gasteiger partial charge is 0.101 e. The van der Waals surface area contributed by atoms with Crippen molar-refractivity contribution in [3.63, 3.8) is 0 Å². The third kappa shape index (κ3) is 5.15. The second-order valence-corrected chi connectivity index (χ2v) is 4.14. The van der Waals surface area contributed by atoms with Gasteiger partial charge in [0.25, 0.3) is 0 Å². The topological polar surface area (TPSA) is 24.4 Å². The maximum atomic E-state index is 6.11. The van der Waals surface area contributed by atoms with E-state index in [1.54, 1.807) is 0 Å². The molecule has 0 spiro atoms. The summed E-state index contributed by atoms with van der Waals surface area (Å²) in [6.45, 7) is 5.65. The van der Waals surface area contributed by atoms with Gasteiger partial charge in [-0.2, -0.15) is 0 Å². The SMILES string of the molecule is CCN=C(Cc1c(Cl)cccc1Cl)NCC.Cl. The Morgan fingerprint density at radius 2 is 1.82 bits per heavy atom. The molecule has 0 radical (unpaired) electrons. The molecule has 5 heteroatoms. The zero-order chi connectivity index (χ0) is 12.0. The lowest BCUT2D eigenvalue weighted by molar-refractivity contribution is 0.922. The van der Waals surface area contributed by atoms with E-state index in [0.29, 0.717) is 16.5 Å². The van der Waals surface area contributed by atoms with Crippen LogP contribution in [-0.4, -0.2) is 18.9 Å². The van der Waals surface area contributed by atoms with Crippen LogP contribution in [0.2, 0.25) is 10.0 Å². The van der Waals surface area contributed by atoms with Crippen LogP contribution in [-0.2, 0) is 6.42 Å². The largest absolute Gasteiger partial charge is 0.374 e. The molecule has 0 aromatic heterocycles. The Labute approximate surface area is 119 Å². The van der Waals surface area contributed by atoms with Gasteiger partial charge < -0.3 is 5.32 Å². The summed E-state index contributed by atoms with van der Waals surface area (Å²) < 4.78 is 0. The first-order chi connectivity index (χ1) is 7.69. The molecule has 0 heterocycles. The lowest BCUT2D eigenvalue weighted by Crippen LogP contribution is -2.25. The molecule has 1 aromatic carbocycles. The van der Waals surface area contributed by atoms with E-state index in [2.05, 4.69) is 10.3 Å². The minimum absolute atomic E-state index is 0. The van der Waals surface area contributed by atoms with Gasteiger partial charge in [-0.05, 0) is 31.5 Å². The first kappa shape index (κ1) is 16.6. The standard InChI is InChI=1S/C12H16Cl2N2.ClH/c1-3-15-12(16-4-2)8-9-10(13)6-5-7-11(9)14;/h5-7H,3-4,8H2,1-2H3,(H,15,16);1H. The second-order valence-electron chi connectivity index (χ2n) is 3.33. The minimum atomic E-state index is 0. The van der Waals surface area contributed by atoms with Gasteiger partial charge in [-0.25, -0.2) is 0 Å². The van der Waals surface area contributed by atoms with Crippen molar-refractivity contribution < 1.29 is 0 Å². The number of nitrogens with one attached hydrogen (secondary N) is 1. The molecule has 17 heavy (non-hydrogen) atoms. The summed E-state index contributed by atoms with van der Waals surface area (Å²) in [5, 5.41) is 4.60. The number of benzene rings is 1. The molecule has 2 nitrogen and oxygen atoms in total. The number of hydrogen-bond donors (Lipinski definition) is 1. The van der Waals surface area contributed by atoms with E-state index in [1.165, 1.54) is 0 Å². The lowest BCUT2D eigenvalue weighted by atomic mass is 10.1. The highest BCUT2D eigenvalue weighted by molar-refractivity contribution is 6.36. The normalized spacial score (nSPS) is 10.9. The fraction of sp³-hybridized carbons (Fsp3) is 0.417. The first-order valence-corrected chi connectivity index (χ1v) is 6.14. The highest BCUT2D eigenvalue weighted by Crippen LogP contribution is 2.24. The van der Waals surface area contributed by atoms with Crippen LogP contribution in [0.3, 0.4) is 0 Å². The Balaban J connectivity index is 0.00000256. The van der Waals surface area contributed by atoms with Crippen molar-refractivity contribution >= 4 is 41.4 Å². The summed E-state index contributed by atoms with van der Waals surface area (Å²) in [6.07, 6.45) is 0.653. The predicted octanol–water partition coefficient (Wildman–Crippen LogP) is 3.99. The van der Waals surface area contributed by atoms with Crippen molar-refractivity contribution in [1.29, 1.82) is 0 Å². The Morgan fingerprint density at radius 1 is 1.24 bits per heavy atom. The van der Waals surface area contributed by atoms with Gasteiger partial charge in [0.1, 0.15) is 5.84 Å². The summed E-state index contributed by atoms with van der Waals surface area (Å²) in [7, 11) is 0. The summed E-state index contributed by atoms with van der Waals surface area (Å²) in [6, 6.07) is 5.54. The van der Waals surface area contributed by atoms with Crippen molar-refractivity contribution in [3.8, 4) is 0 Å². The van der Waals surface area contributed by atoms with Crippen LogP contribution in [0.4, 0.5) is 0 Å². The molecule has 0 bridgehead atoms. The molecular weight excluding hydrogens is 279 g/mol. The van der Waals surface area contributed by atoms with Crippen molar-refractivity contribution in [2.45, 2.75) is 20.3 Å². The maximum Gasteiger partial charge on any atom is 0.101 e. The molecule has 96 valence electrons. The van der Waals surface area contributed by atoms with Crippen LogP contribution >= 0.6 is 35.6 Å². The van der Waals surface area contributed by atoms with Crippen molar-refractivity contribution in [1.82, 2.24) is 5.32 Å². The molecule has 1 aromatic rings. The van der Waals surface area contributed by atoms with E-state index in [9.17, 15) is 0 Å². The van der Waals surface area contributed by atoms with Gasteiger partial charge in [0.2, 0.25) is 0 Å². The van der Waals surface area contributed by atoms with Gasteiger partial charge in [0.05, 0.1) is 0 Å². The molecule has 0 aliphatic carbocycles. The van der Waals surface area contributed by atoms with Crippen LogP contribution < -0.4 is 5.32 Å². The maximum absolute atomic E-state index is 6.11. The van der Waals surface area contributed by atoms with E-state index in [4.69, 9.17) is 23.2 Å². The molecule has 0 amide bonds. The van der Waals surface area contributed by atoms with Gasteiger partial charge in [-0.1, -0.05) is 29.3 Å². The van der Waals surface area contributed by atoms with E-state index < -0.39 is 0 Å². The molecule has 1 N–H and O–H groups in total. The average Bonchev–Trinajstić information content (AvgIpc) is 2.24. The van der Waals surface area contributed by atoms with Crippen LogP contribution in [0, 0.1) is 0 Å². The van der Waals surface area contributed by atoms with E-state index in [1.807, 2.05) is 32.0 Å². The van der Waals surface area contributed by atoms with Crippen LogP contribution in [0.5, 0.6) is 0 Å². The number of amidine groups is 1. The van der Waals surface area contributed by atoms with E-state index in [-0.39, 0.29) is 12.4 Å². The van der Waals surface area contributed by atoms with Gasteiger partial charge in [-0.3, -0.25) is 4.99 Å². The molecular formula is C12H17Cl3N2. The fourth-order valence-electron chi connectivity index (χ4n) is 1.44. The highest BCUT2D eigenvalue weighted by Gasteiger charge is 2.08. The van der Waals surface area contributed by atoms with Gasteiger partial charge in [-0.15, -0.1) is 12.4 Å². The molecule has 0 aliphatic heterocycles. The number of aliphatic imine (C=N–C) groups is 1. The number of halogens is 3. The van der Waals surface area contributed by atoms with E-state index >= 15 is 0 Å². The Bertz CT molecular complexity index is 358. The van der Waals surface area contributed by atoms with Gasteiger partial charge >= 0.3 is 0 Å². The Hall–Kier alpha value is -0.440. The number of rotatable bonds is 4. The molecule has 0 atom stereocenters. The Morgan fingerprint density at radius 3 is 2.29 bits per heavy atom. The quantitative estimate of drug-likeness (QED) is 0.659. The van der Waals surface area contributed by atoms with Crippen molar-refractivity contribution in [2.75, 3.05) is 13.1 Å². The number of nitrogens with zero attached hydrogens (tertiary/aromatic N) is 1. The molecule has 0 aliphatic rings. The summed E-state index contributed by atoms with van der Waals surface area (Å²) >= 11 is 12.2. The minimum Gasteiger partial charge on any atom is -0.374 e. The molecule has 0 saturated heterocycles. The molecule has 0 unspecified atom stereocenters. The lowest BCUT2D eigenvalue weighted by Gasteiger charge is -2.10. The number of likely N-dealkylation sites (N-methyl/N-ethyl adjacent to an activating group) is 1. The molecule has 0 fully saturated rings. The average molecular weight is 296 g/mol. The summed E-state index contributed by atoms with van der Waals surface area (Å²) in [5.41, 5.74) is 0.930. The predicted molar refractivity (Wildman–Crippen MR) is 79.1 cm³/mol.